The van der Waals surface area contributed by atoms with E-state index in [4.69, 9.17) is 5.10 Å². The zero-order chi connectivity index (χ0) is 35.4. The van der Waals surface area contributed by atoms with Crippen molar-refractivity contribution >= 4 is 28.4 Å². The largest absolute Gasteiger partial charge is 0.441 e. The number of ketones is 1. The molecule has 12 heteroatoms. The van der Waals surface area contributed by atoms with E-state index < -0.39 is 6.17 Å². The monoisotopic (exact) mass is 678 g/mol. The van der Waals surface area contributed by atoms with Gasteiger partial charge in [-0.3, -0.25) is 24.3 Å². The molecule has 264 valence electrons. The van der Waals surface area contributed by atoms with Crippen molar-refractivity contribution in [2.45, 2.75) is 105 Å². The quantitative estimate of drug-likeness (QED) is 0.199. The molecule has 2 bridgehead atoms. The number of hydrogen-bond acceptors (Lipinski definition) is 8. The molecule has 7 rings (SSSR count). The van der Waals surface area contributed by atoms with Crippen LogP contribution >= 0.6 is 0 Å². The number of nitrogens with zero attached hydrogens (tertiary/aromatic N) is 6. The highest BCUT2D eigenvalue weighted by atomic mass is 16.2. The number of carbonyl (C=O) groups excluding carboxylic acids is 2. The van der Waals surface area contributed by atoms with Gasteiger partial charge in [0.15, 0.2) is 17.8 Å². The highest BCUT2D eigenvalue weighted by molar-refractivity contribution is 6.07. The van der Waals surface area contributed by atoms with Crippen molar-refractivity contribution in [2.24, 2.45) is 10.8 Å². The Kier molecular flexibility index (Phi) is 8.98. The smallest absolute Gasteiger partial charge is 0.249 e. The Morgan fingerprint density at radius 1 is 1.04 bits per heavy atom. The summed E-state index contributed by atoms with van der Waals surface area (Å²) in [7, 11) is 0. The van der Waals surface area contributed by atoms with Gasteiger partial charge in [0, 0.05) is 66.9 Å². The van der Waals surface area contributed by atoms with Crippen LogP contribution in [0.2, 0.25) is 0 Å². The first-order chi connectivity index (χ1) is 23.8. The number of aryl methyl sites for hydroxylation is 4. The predicted molar refractivity (Wildman–Crippen MR) is 193 cm³/mol. The summed E-state index contributed by atoms with van der Waals surface area (Å²) >= 11 is 0. The van der Waals surface area contributed by atoms with Crippen LogP contribution in [0, 0.1) is 31.6 Å². The average Bonchev–Trinajstić information content (AvgIpc) is 3.46. The minimum atomic E-state index is -0.418. The number of amides is 1. The van der Waals surface area contributed by atoms with Crippen molar-refractivity contribution < 1.29 is 14.7 Å². The van der Waals surface area contributed by atoms with Gasteiger partial charge in [0.1, 0.15) is 18.1 Å². The summed E-state index contributed by atoms with van der Waals surface area (Å²) in [4.78, 5) is 43.1. The van der Waals surface area contributed by atoms with Gasteiger partial charge in [0.05, 0.1) is 5.52 Å². The molecule has 1 aliphatic carbocycles. The SMILES string of the molecule is CC(=O)c1nn2c3c(cc(-c4cnc(C)nc4)cc13)CCCCCC(C)(C)CNC[C@@]13C[C@@H]([NH+]([NH-])Nc4nc(C)ccc4C)N(C(=O)C2)[C@@H]1C3. The summed E-state index contributed by atoms with van der Waals surface area (Å²) in [6.45, 7) is 13.7. The van der Waals surface area contributed by atoms with Gasteiger partial charge in [-0.1, -0.05) is 32.8 Å². The van der Waals surface area contributed by atoms with Crippen LogP contribution in [-0.2, 0) is 17.8 Å². The van der Waals surface area contributed by atoms with Gasteiger partial charge < -0.3 is 11.2 Å². The molecule has 4 aromatic rings. The van der Waals surface area contributed by atoms with Crippen LogP contribution in [-0.4, -0.2) is 66.6 Å². The van der Waals surface area contributed by atoms with Crippen LogP contribution in [0.1, 0.15) is 92.4 Å². The third kappa shape index (κ3) is 6.63. The van der Waals surface area contributed by atoms with Crippen LogP contribution in [0.4, 0.5) is 5.82 Å². The van der Waals surface area contributed by atoms with Gasteiger partial charge in [-0.05, 0) is 86.8 Å². The number of nitrogens with one attached hydrogen (secondary N) is 4. The second kappa shape index (κ2) is 13.1. The normalized spacial score (nSPS) is 24.5. The first-order valence-corrected chi connectivity index (χ1v) is 18.0. The highest BCUT2D eigenvalue weighted by Gasteiger charge is 2.67. The maximum atomic E-state index is 14.6. The van der Waals surface area contributed by atoms with Crippen LogP contribution in [0.15, 0.2) is 36.7 Å². The average molecular weight is 679 g/mol. The Morgan fingerprint density at radius 2 is 1.82 bits per heavy atom. The number of hydrogen-bond donors (Lipinski definition) is 3. The highest BCUT2D eigenvalue weighted by Crippen LogP contribution is 2.58. The lowest BCUT2D eigenvalue weighted by atomic mass is 9.86. The van der Waals surface area contributed by atoms with Gasteiger partial charge in [-0.15, -0.1) is 0 Å². The fraction of sp³-hybridized carbons (Fsp3) is 0.526. The molecule has 1 aromatic carbocycles. The molecule has 0 spiro atoms. The second-order valence-electron chi connectivity index (χ2n) is 15.7. The van der Waals surface area contributed by atoms with Crippen LogP contribution in [0.25, 0.3) is 27.9 Å². The third-order valence-electron chi connectivity index (χ3n) is 11.1. The molecule has 1 amide bonds. The molecule has 0 radical (unpaired) electrons. The maximum Gasteiger partial charge on any atom is 0.249 e. The molecule has 12 nitrogen and oxygen atoms in total. The molecule has 5 heterocycles. The summed E-state index contributed by atoms with van der Waals surface area (Å²) in [6.07, 6.45) is 9.93. The van der Waals surface area contributed by atoms with Gasteiger partial charge in [0.2, 0.25) is 5.91 Å². The lowest BCUT2D eigenvalue weighted by Crippen LogP contribution is -3.14. The Morgan fingerprint density at radius 3 is 2.58 bits per heavy atom. The van der Waals surface area contributed by atoms with E-state index in [9.17, 15) is 15.4 Å². The zero-order valence-electron chi connectivity index (χ0n) is 30.2. The van der Waals surface area contributed by atoms with Gasteiger partial charge in [0.25, 0.3) is 0 Å². The number of aromatic nitrogens is 5. The molecule has 4 N–H and O–H groups in total. The van der Waals surface area contributed by atoms with E-state index in [2.05, 4.69) is 45.6 Å². The number of Topliss-reactive ketones (excluding diaryl/α,β-unsaturated/α-hetero) is 1. The number of pyridine rings is 1. The van der Waals surface area contributed by atoms with Crippen LogP contribution in [0.5, 0.6) is 0 Å². The first kappa shape index (κ1) is 34.2. The summed E-state index contributed by atoms with van der Waals surface area (Å²) in [5.74, 6) is 10.4. The predicted octanol–water partition coefficient (Wildman–Crippen LogP) is 4.94. The molecular formula is C38H50N10O2. The second-order valence-corrected chi connectivity index (χ2v) is 15.7. The van der Waals surface area contributed by atoms with E-state index in [0.29, 0.717) is 23.8 Å². The standard InChI is InChI=1S/C38H50N10O2/c1-23-11-12-24(2)43-36(23)45-48(39)32-17-38-16-31(38)47(32)33(50)20-46-35-27(10-8-7-9-13-37(5,6)21-40-22-38)14-28(29-18-41-26(4)42-19-29)15-30(35)34(44-46)25(3)49/h11-12,14-15,18-19,31-32,39-40,48H,7-10,13,16-17,20-22H2,1-6H3,(H,43,45)/t31-,32-,38-/m1/s1. The summed E-state index contributed by atoms with van der Waals surface area (Å²) in [5, 5.41) is 9.64. The number of carbonyl (C=O) groups is 2. The Bertz CT molecular complexity index is 1940. The van der Waals surface area contributed by atoms with Crippen molar-refractivity contribution in [3.05, 3.63) is 70.8 Å². The van der Waals surface area contributed by atoms with E-state index in [0.717, 1.165) is 90.5 Å². The van der Waals surface area contributed by atoms with E-state index >= 15 is 0 Å². The Balaban J connectivity index is 1.29. The summed E-state index contributed by atoms with van der Waals surface area (Å²) in [6, 6.07) is 8.14. The van der Waals surface area contributed by atoms with E-state index in [1.807, 2.05) is 56.3 Å². The van der Waals surface area contributed by atoms with Crippen molar-refractivity contribution in [3.63, 3.8) is 0 Å². The van der Waals surface area contributed by atoms with Crippen molar-refractivity contribution in [2.75, 3.05) is 18.5 Å². The van der Waals surface area contributed by atoms with Crippen LogP contribution in [0.3, 0.4) is 0 Å². The van der Waals surface area contributed by atoms with Crippen molar-refractivity contribution in [3.8, 4) is 11.1 Å². The summed E-state index contributed by atoms with van der Waals surface area (Å²) < 4.78 is 1.75. The molecule has 3 aliphatic rings. The number of piperidine rings is 1. The lowest BCUT2D eigenvalue weighted by molar-refractivity contribution is -0.864. The molecule has 3 aromatic heterocycles. The van der Waals surface area contributed by atoms with Gasteiger partial charge >= 0.3 is 0 Å². The van der Waals surface area contributed by atoms with E-state index in [1.54, 1.807) is 4.68 Å². The van der Waals surface area contributed by atoms with Gasteiger partial charge in [-0.2, -0.15) is 5.10 Å². The van der Waals surface area contributed by atoms with Gasteiger partial charge in [-0.25, -0.2) is 20.4 Å². The molecular weight excluding hydrogens is 628 g/mol. The molecule has 2 fully saturated rings. The number of quaternary nitrogens is 1. The fourth-order valence-corrected chi connectivity index (χ4v) is 8.18. The Hall–Kier alpha value is -4.26. The molecule has 1 saturated carbocycles. The molecule has 1 unspecified atom stereocenters. The lowest BCUT2D eigenvalue weighted by Gasteiger charge is -2.36. The van der Waals surface area contributed by atoms with E-state index in [-0.39, 0.29) is 40.2 Å². The minimum Gasteiger partial charge on any atom is -0.441 e. The molecule has 1 saturated heterocycles. The maximum absolute atomic E-state index is 14.6. The first-order valence-electron chi connectivity index (χ1n) is 18.0. The Labute approximate surface area is 294 Å². The molecule has 50 heavy (non-hydrogen) atoms. The zero-order valence-corrected chi connectivity index (χ0v) is 30.2. The number of rotatable bonds is 5. The summed E-state index contributed by atoms with van der Waals surface area (Å²) in [5.41, 5.74) is 9.20. The minimum absolute atomic E-state index is 0.0116. The third-order valence-corrected chi connectivity index (χ3v) is 11.1. The molecule has 4 atom stereocenters. The number of benzene rings is 1. The molecule has 2 aliphatic heterocycles. The van der Waals surface area contributed by atoms with Crippen LogP contribution < -0.4 is 15.9 Å². The van der Waals surface area contributed by atoms with Crippen molar-refractivity contribution in [1.82, 2.24) is 34.9 Å². The topological polar surface area (TPSA) is 146 Å². The van der Waals surface area contributed by atoms with Crippen molar-refractivity contribution in [1.29, 1.82) is 0 Å². The number of anilines is 1. The fourth-order valence-electron chi connectivity index (χ4n) is 8.18. The van der Waals surface area contributed by atoms with E-state index in [1.165, 1.54) is 6.92 Å².